The molecule has 1 aromatic carbocycles. The molecule has 3 rings (SSSR count). The second kappa shape index (κ2) is 7.10. The third-order valence-corrected chi connectivity index (χ3v) is 4.92. The van der Waals surface area contributed by atoms with Crippen molar-refractivity contribution in [1.82, 2.24) is 9.80 Å². The maximum atomic E-state index is 12.9. The Hall–Kier alpha value is -1.76. The smallest absolute Gasteiger partial charge is 0.410 e. The van der Waals surface area contributed by atoms with Crippen LogP contribution in [0.5, 0.6) is 5.75 Å². The fourth-order valence-electron chi connectivity index (χ4n) is 2.94. The molecule has 26 heavy (non-hydrogen) atoms. The number of hydrogen-bond acceptors (Lipinski definition) is 4. The Bertz CT molecular complexity index is 689. The third-order valence-electron chi connectivity index (χ3n) is 4.42. The van der Waals surface area contributed by atoms with E-state index in [1.165, 1.54) is 0 Å². The van der Waals surface area contributed by atoms with Crippen LogP contribution in [0.4, 0.5) is 4.79 Å². The molecule has 0 radical (unpaired) electrons. The van der Waals surface area contributed by atoms with Crippen molar-refractivity contribution >= 4 is 27.9 Å². The van der Waals surface area contributed by atoms with E-state index in [1.807, 2.05) is 45.0 Å². The lowest BCUT2D eigenvalue weighted by molar-refractivity contribution is -0.142. The van der Waals surface area contributed by atoms with Crippen LogP contribution < -0.4 is 4.74 Å². The van der Waals surface area contributed by atoms with Gasteiger partial charge in [0.25, 0.3) is 5.91 Å². The van der Waals surface area contributed by atoms with Crippen molar-refractivity contribution in [2.75, 3.05) is 26.2 Å². The molecule has 2 fully saturated rings. The van der Waals surface area contributed by atoms with Crippen molar-refractivity contribution in [3.05, 3.63) is 28.7 Å². The number of amides is 2. The molecule has 1 aliphatic carbocycles. The van der Waals surface area contributed by atoms with Gasteiger partial charge in [-0.25, -0.2) is 4.79 Å². The van der Waals surface area contributed by atoms with Gasteiger partial charge in [-0.15, -0.1) is 0 Å². The minimum absolute atomic E-state index is 0.0151. The normalized spacial score (nSPS) is 19.1. The first-order valence-electron chi connectivity index (χ1n) is 8.90. The highest BCUT2D eigenvalue weighted by Gasteiger charge is 2.55. The van der Waals surface area contributed by atoms with E-state index in [9.17, 15) is 9.59 Å². The first-order valence-corrected chi connectivity index (χ1v) is 9.70. The van der Waals surface area contributed by atoms with Crippen molar-refractivity contribution in [1.29, 1.82) is 0 Å². The first-order chi connectivity index (χ1) is 12.2. The van der Waals surface area contributed by atoms with Crippen molar-refractivity contribution in [3.63, 3.8) is 0 Å². The van der Waals surface area contributed by atoms with Gasteiger partial charge in [0.1, 0.15) is 11.4 Å². The second-order valence-corrected chi connectivity index (χ2v) is 8.73. The molecule has 1 aliphatic heterocycles. The lowest BCUT2D eigenvalue weighted by Crippen LogP contribution is -2.55. The van der Waals surface area contributed by atoms with E-state index in [2.05, 4.69) is 15.9 Å². The molecule has 1 heterocycles. The summed E-state index contributed by atoms with van der Waals surface area (Å²) in [6.45, 7) is 7.51. The Morgan fingerprint density at radius 3 is 2.23 bits per heavy atom. The number of carbonyl (C=O) groups excluding carboxylic acids is 2. The monoisotopic (exact) mass is 424 g/mol. The molecule has 2 aliphatic rings. The van der Waals surface area contributed by atoms with E-state index >= 15 is 0 Å². The van der Waals surface area contributed by atoms with Gasteiger partial charge in [-0.2, -0.15) is 0 Å². The van der Waals surface area contributed by atoms with Gasteiger partial charge < -0.3 is 19.3 Å². The van der Waals surface area contributed by atoms with Crippen LogP contribution in [0.1, 0.15) is 33.6 Å². The summed E-state index contributed by atoms with van der Waals surface area (Å²) in [6, 6.07) is 7.54. The zero-order valence-electron chi connectivity index (χ0n) is 15.5. The average molecular weight is 425 g/mol. The average Bonchev–Trinajstić information content (AvgIpc) is 3.33. The van der Waals surface area contributed by atoms with Gasteiger partial charge >= 0.3 is 6.09 Å². The number of halogens is 1. The van der Waals surface area contributed by atoms with E-state index in [0.717, 1.165) is 17.3 Å². The van der Waals surface area contributed by atoms with Crippen molar-refractivity contribution in [2.45, 2.75) is 44.8 Å². The van der Waals surface area contributed by atoms with E-state index in [0.29, 0.717) is 31.9 Å². The van der Waals surface area contributed by atoms with Crippen LogP contribution in [0, 0.1) is 0 Å². The van der Waals surface area contributed by atoms with Crippen LogP contribution >= 0.6 is 15.9 Å². The highest BCUT2D eigenvalue weighted by atomic mass is 79.9. The maximum Gasteiger partial charge on any atom is 0.410 e. The lowest BCUT2D eigenvalue weighted by Gasteiger charge is -2.37. The number of ether oxygens (including phenoxy) is 2. The van der Waals surface area contributed by atoms with Crippen molar-refractivity contribution in [3.8, 4) is 5.75 Å². The molecule has 0 atom stereocenters. The number of carbonyl (C=O) groups is 2. The molecule has 0 aromatic heterocycles. The number of hydrogen-bond donors (Lipinski definition) is 0. The lowest BCUT2D eigenvalue weighted by atomic mass is 10.2. The molecule has 1 aromatic rings. The molecule has 0 N–H and O–H groups in total. The van der Waals surface area contributed by atoms with E-state index in [4.69, 9.17) is 9.47 Å². The van der Waals surface area contributed by atoms with E-state index < -0.39 is 11.2 Å². The highest BCUT2D eigenvalue weighted by Crippen LogP contribution is 2.42. The van der Waals surface area contributed by atoms with Gasteiger partial charge in [0.2, 0.25) is 0 Å². The summed E-state index contributed by atoms with van der Waals surface area (Å²) in [5, 5.41) is 0. The number of piperazine rings is 1. The van der Waals surface area contributed by atoms with Gasteiger partial charge in [-0.3, -0.25) is 4.79 Å². The Morgan fingerprint density at radius 2 is 1.69 bits per heavy atom. The Labute approximate surface area is 162 Å². The number of benzene rings is 1. The van der Waals surface area contributed by atoms with Gasteiger partial charge in [-0.1, -0.05) is 22.0 Å². The van der Waals surface area contributed by atoms with Gasteiger partial charge in [-0.05, 0) is 39.0 Å². The van der Waals surface area contributed by atoms with Crippen LogP contribution in [0.3, 0.4) is 0 Å². The van der Waals surface area contributed by atoms with Crippen LogP contribution in [0.2, 0.25) is 0 Å². The summed E-state index contributed by atoms with van der Waals surface area (Å²) in [5.41, 5.74) is -1.26. The maximum absolute atomic E-state index is 12.9. The molecule has 1 saturated heterocycles. The summed E-state index contributed by atoms with van der Waals surface area (Å²) in [7, 11) is 0. The Balaban J connectivity index is 1.56. The summed E-state index contributed by atoms with van der Waals surface area (Å²) in [4.78, 5) is 28.5. The Kier molecular flexibility index (Phi) is 5.19. The van der Waals surface area contributed by atoms with Gasteiger partial charge in [0.05, 0.1) is 0 Å². The van der Waals surface area contributed by atoms with Crippen LogP contribution in [-0.4, -0.2) is 59.2 Å². The predicted molar refractivity (Wildman–Crippen MR) is 101 cm³/mol. The molecule has 0 bridgehead atoms. The molecule has 6 nitrogen and oxygen atoms in total. The molecule has 0 unspecified atom stereocenters. The second-order valence-electron chi connectivity index (χ2n) is 7.81. The highest BCUT2D eigenvalue weighted by molar-refractivity contribution is 9.10. The van der Waals surface area contributed by atoms with Gasteiger partial charge in [0, 0.05) is 43.5 Å². The number of rotatable bonds is 3. The van der Waals surface area contributed by atoms with Crippen molar-refractivity contribution < 1.29 is 19.1 Å². The molecule has 142 valence electrons. The topological polar surface area (TPSA) is 59.1 Å². The molecule has 2 amide bonds. The Morgan fingerprint density at radius 1 is 1.08 bits per heavy atom. The largest absolute Gasteiger partial charge is 0.477 e. The summed E-state index contributed by atoms with van der Waals surface area (Å²) in [6.07, 6.45) is 1.13. The SMILES string of the molecule is CC(C)(C)OC(=O)N1CCN(C(=O)C2(Oc3cccc(Br)c3)CC2)CC1. The number of nitrogens with zero attached hydrogens (tertiary/aromatic N) is 2. The fraction of sp³-hybridized carbons (Fsp3) is 0.579. The molecule has 1 saturated carbocycles. The van der Waals surface area contributed by atoms with Crippen LogP contribution in [0.15, 0.2) is 28.7 Å². The fourth-order valence-corrected chi connectivity index (χ4v) is 3.31. The first kappa shape index (κ1) is 19.0. The zero-order valence-corrected chi connectivity index (χ0v) is 17.0. The summed E-state index contributed by atoms with van der Waals surface area (Å²) >= 11 is 3.42. The standard InChI is InChI=1S/C19H25BrN2O4/c1-18(2,3)26-17(24)22-11-9-21(10-12-22)16(23)19(7-8-19)25-15-6-4-5-14(20)13-15/h4-6,13H,7-12H2,1-3H3. The molecule has 0 spiro atoms. The minimum atomic E-state index is -0.741. The van der Waals surface area contributed by atoms with E-state index in [1.54, 1.807) is 9.80 Å². The summed E-state index contributed by atoms with van der Waals surface area (Å²) in [5.74, 6) is 0.707. The van der Waals surface area contributed by atoms with E-state index in [-0.39, 0.29) is 12.0 Å². The van der Waals surface area contributed by atoms with Crippen molar-refractivity contribution in [2.24, 2.45) is 0 Å². The van der Waals surface area contributed by atoms with Crippen LogP contribution in [0.25, 0.3) is 0 Å². The molecular weight excluding hydrogens is 400 g/mol. The minimum Gasteiger partial charge on any atom is -0.477 e. The summed E-state index contributed by atoms with van der Waals surface area (Å²) < 4.78 is 12.3. The quantitative estimate of drug-likeness (QED) is 0.745. The van der Waals surface area contributed by atoms with Gasteiger partial charge in [0.15, 0.2) is 5.60 Å². The third kappa shape index (κ3) is 4.50. The molecule has 7 heteroatoms. The molecular formula is C19H25BrN2O4. The zero-order chi connectivity index (χ0) is 18.9. The predicted octanol–water partition coefficient (Wildman–Crippen LogP) is 3.44. The van der Waals surface area contributed by atoms with Crippen LogP contribution in [-0.2, 0) is 9.53 Å².